The van der Waals surface area contributed by atoms with Gasteiger partial charge in [-0.25, -0.2) is 8.78 Å². The van der Waals surface area contributed by atoms with Gasteiger partial charge in [0.15, 0.2) is 5.96 Å². The smallest absolute Gasteiger partial charge is 0.191 e. The molecule has 0 bridgehead atoms. The molecule has 0 radical (unpaired) electrons. The number of nitrogens with one attached hydrogen (secondary N) is 2. The zero-order valence-corrected chi connectivity index (χ0v) is 14.2. The largest absolute Gasteiger partial charge is 0.355 e. The van der Waals surface area contributed by atoms with Gasteiger partial charge in [0.1, 0.15) is 11.6 Å². The second-order valence-electron chi connectivity index (χ2n) is 6.76. The Labute approximate surface area is 142 Å². The van der Waals surface area contributed by atoms with E-state index in [1.54, 1.807) is 7.05 Å². The topological polar surface area (TPSA) is 39.7 Å². The molecule has 2 aliphatic carbocycles. The molecule has 0 aromatic heterocycles. The maximum atomic E-state index is 13.6. The van der Waals surface area contributed by atoms with Crippen LogP contribution in [0.3, 0.4) is 0 Å². The van der Waals surface area contributed by atoms with Crippen LogP contribution >= 0.6 is 0 Å². The van der Waals surface area contributed by atoms with Gasteiger partial charge in [-0.3, -0.25) is 9.89 Å². The van der Waals surface area contributed by atoms with Gasteiger partial charge in [-0.15, -0.1) is 0 Å². The van der Waals surface area contributed by atoms with Gasteiger partial charge in [-0.2, -0.15) is 0 Å². The van der Waals surface area contributed by atoms with Crippen molar-refractivity contribution in [3.63, 3.8) is 0 Å². The fraction of sp³-hybridized carbons (Fsp3) is 0.611. The number of benzene rings is 1. The molecule has 0 unspecified atom stereocenters. The zero-order chi connectivity index (χ0) is 16.9. The first-order valence-corrected chi connectivity index (χ1v) is 8.78. The maximum Gasteiger partial charge on any atom is 0.191 e. The first-order chi connectivity index (χ1) is 11.7. The van der Waals surface area contributed by atoms with Gasteiger partial charge in [0.05, 0.1) is 0 Å². The minimum Gasteiger partial charge on any atom is -0.355 e. The number of hydrogen-bond acceptors (Lipinski definition) is 2. The van der Waals surface area contributed by atoms with Crippen LogP contribution in [0, 0.1) is 17.6 Å². The van der Waals surface area contributed by atoms with Crippen LogP contribution in [0.1, 0.15) is 31.2 Å². The van der Waals surface area contributed by atoms with Gasteiger partial charge >= 0.3 is 0 Å². The molecule has 2 aliphatic rings. The van der Waals surface area contributed by atoms with E-state index < -0.39 is 11.6 Å². The second-order valence-corrected chi connectivity index (χ2v) is 6.76. The molecule has 132 valence electrons. The molecule has 24 heavy (non-hydrogen) atoms. The van der Waals surface area contributed by atoms with Crippen molar-refractivity contribution < 1.29 is 8.78 Å². The van der Waals surface area contributed by atoms with E-state index in [1.165, 1.54) is 38.3 Å². The Morgan fingerprint density at radius 3 is 2.67 bits per heavy atom. The fourth-order valence-corrected chi connectivity index (χ4v) is 2.89. The highest BCUT2D eigenvalue weighted by atomic mass is 19.1. The molecule has 2 fully saturated rings. The third-order valence-electron chi connectivity index (χ3n) is 4.62. The molecule has 0 atom stereocenters. The Hall–Kier alpha value is -1.69. The maximum absolute atomic E-state index is 13.6. The van der Waals surface area contributed by atoms with Crippen molar-refractivity contribution in [2.24, 2.45) is 10.9 Å². The monoisotopic (exact) mass is 336 g/mol. The molecule has 4 nitrogen and oxygen atoms in total. The van der Waals surface area contributed by atoms with Crippen LogP contribution in [0.4, 0.5) is 8.78 Å². The Bertz CT molecular complexity index is 582. The van der Waals surface area contributed by atoms with Gasteiger partial charge in [-0.05, 0) is 49.8 Å². The minimum atomic E-state index is -0.434. The third kappa shape index (κ3) is 5.16. The summed E-state index contributed by atoms with van der Waals surface area (Å²) in [7, 11) is 1.68. The molecule has 2 N–H and O–H groups in total. The summed E-state index contributed by atoms with van der Waals surface area (Å²) in [5, 5.41) is 6.30. The lowest BCUT2D eigenvalue weighted by atomic mass is 10.2. The molecule has 3 rings (SSSR count). The van der Waals surface area contributed by atoms with E-state index in [1.807, 2.05) is 0 Å². The first kappa shape index (κ1) is 17.1. The standard InChI is InChI=1S/C18H26F2N4/c1-21-18(23-11-14-10-15(19)4-7-17(14)20)22-8-9-24(16-5-6-16)12-13-2-3-13/h4,7,10,13,16H,2-3,5-6,8-9,11-12H2,1H3,(H2,21,22,23). The van der Waals surface area contributed by atoms with Crippen LogP contribution in [0.15, 0.2) is 23.2 Å². The number of aliphatic imine (C=N–C) groups is 1. The van der Waals surface area contributed by atoms with Crippen molar-refractivity contribution in [1.29, 1.82) is 0 Å². The number of rotatable bonds is 8. The van der Waals surface area contributed by atoms with Crippen molar-refractivity contribution in [3.8, 4) is 0 Å². The van der Waals surface area contributed by atoms with E-state index in [2.05, 4.69) is 20.5 Å². The summed E-state index contributed by atoms with van der Waals surface area (Å²) < 4.78 is 26.8. The van der Waals surface area contributed by atoms with E-state index in [0.29, 0.717) is 11.5 Å². The summed E-state index contributed by atoms with van der Waals surface area (Å²) in [5.74, 6) is 0.666. The highest BCUT2D eigenvalue weighted by molar-refractivity contribution is 5.79. The van der Waals surface area contributed by atoms with Gasteiger partial charge in [-0.1, -0.05) is 0 Å². The van der Waals surface area contributed by atoms with E-state index in [9.17, 15) is 8.78 Å². The molecule has 0 amide bonds. The van der Waals surface area contributed by atoms with Crippen LogP contribution in [-0.2, 0) is 6.54 Å². The average molecular weight is 336 g/mol. The molecule has 1 aromatic carbocycles. The highest BCUT2D eigenvalue weighted by Crippen LogP contribution is 2.34. The summed E-state index contributed by atoms with van der Waals surface area (Å²) >= 11 is 0. The van der Waals surface area contributed by atoms with Gasteiger partial charge in [0.25, 0.3) is 0 Å². The van der Waals surface area contributed by atoms with Gasteiger partial charge < -0.3 is 10.6 Å². The molecular formula is C18H26F2N4. The summed E-state index contributed by atoms with van der Waals surface area (Å²) in [6, 6.07) is 4.25. The Morgan fingerprint density at radius 1 is 1.21 bits per heavy atom. The van der Waals surface area contributed by atoms with Crippen LogP contribution in [-0.4, -0.2) is 43.6 Å². The molecule has 0 spiro atoms. The van der Waals surface area contributed by atoms with Crippen LogP contribution < -0.4 is 10.6 Å². The van der Waals surface area contributed by atoms with Crippen LogP contribution in [0.25, 0.3) is 0 Å². The summed E-state index contributed by atoms with van der Waals surface area (Å²) in [6.45, 7) is 3.22. The number of halogens is 2. The number of nitrogens with zero attached hydrogens (tertiary/aromatic N) is 2. The molecule has 2 saturated carbocycles. The Balaban J connectivity index is 1.42. The predicted molar refractivity (Wildman–Crippen MR) is 91.9 cm³/mol. The molecule has 0 saturated heterocycles. The highest BCUT2D eigenvalue weighted by Gasteiger charge is 2.33. The lowest BCUT2D eigenvalue weighted by molar-refractivity contribution is 0.256. The normalized spacial score (nSPS) is 18.1. The van der Waals surface area contributed by atoms with E-state index in [-0.39, 0.29) is 6.54 Å². The lowest BCUT2D eigenvalue weighted by Crippen LogP contribution is -2.42. The quantitative estimate of drug-likeness (QED) is 0.566. The number of hydrogen-bond donors (Lipinski definition) is 2. The summed E-state index contributed by atoms with van der Waals surface area (Å²) in [5.41, 5.74) is 0.297. The van der Waals surface area contributed by atoms with E-state index in [4.69, 9.17) is 0 Å². The van der Waals surface area contributed by atoms with E-state index >= 15 is 0 Å². The molecular weight excluding hydrogens is 310 g/mol. The molecule has 6 heteroatoms. The van der Waals surface area contributed by atoms with Crippen molar-refractivity contribution in [3.05, 3.63) is 35.4 Å². The molecule has 0 aliphatic heterocycles. The van der Waals surface area contributed by atoms with E-state index in [0.717, 1.165) is 37.2 Å². The van der Waals surface area contributed by atoms with Crippen LogP contribution in [0.5, 0.6) is 0 Å². The van der Waals surface area contributed by atoms with Crippen LogP contribution in [0.2, 0.25) is 0 Å². The molecule has 1 aromatic rings. The predicted octanol–water partition coefficient (Wildman–Crippen LogP) is 2.50. The summed E-state index contributed by atoms with van der Waals surface area (Å²) in [4.78, 5) is 6.72. The van der Waals surface area contributed by atoms with Gasteiger partial charge in [0, 0.05) is 44.8 Å². The van der Waals surface area contributed by atoms with Crippen molar-refractivity contribution in [2.45, 2.75) is 38.3 Å². The fourth-order valence-electron chi connectivity index (χ4n) is 2.89. The SMILES string of the molecule is CN=C(NCCN(CC1CC1)C1CC1)NCc1cc(F)ccc1F. The van der Waals surface area contributed by atoms with Gasteiger partial charge in [0.2, 0.25) is 0 Å². The van der Waals surface area contributed by atoms with Crippen molar-refractivity contribution in [2.75, 3.05) is 26.7 Å². The summed E-state index contributed by atoms with van der Waals surface area (Å²) in [6.07, 6.45) is 5.38. The Kier molecular flexibility index (Phi) is 5.66. The first-order valence-electron chi connectivity index (χ1n) is 8.78. The zero-order valence-electron chi connectivity index (χ0n) is 14.2. The van der Waals surface area contributed by atoms with Crippen molar-refractivity contribution in [1.82, 2.24) is 15.5 Å². The Morgan fingerprint density at radius 2 is 2.00 bits per heavy atom. The second kappa shape index (κ2) is 7.92. The minimum absolute atomic E-state index is 0.206. The third-order valence-corrected chi connectivity index (χ3v) is 4.62. The average Bonchev–Trinajstić information content (AvgIpc) is 3.46. The van der Waals surface area contributed by atoms with Crippen molar-refractivity contribution >= 4 is 5.96 Å². The lowest BCUT2D eigenvalue weighted by Gasteiger charge is -2.22. The number of guanidine groups is 1. The molecule has 0 heterocycles.